The quantitative estimate of drug-likeness (QED) is 0.778. The largest absolute Gasteiger partial charge is 0.497 e. The van der Waals surface area contributed by atoms with Gasteiger partial charge in [0, 0.05) is 17.8 Å². The van der Waals surface area contributed by atoms with Crippen LogP contribution in [0.5, 0.6) is 5.75 Å². The first-order chi connectivity index (χ1) is 11.3. The summed E-state index contributed by atoms with van der Waals surface area (Å²) < 4.78 is 11.1. The lowest BCUT2D eigenvalue weighted by Crippen LogP contribution is -2.68. The number of ether oxygens (including phenoxy) is 2. The minimum absolute atomic E-state index is 0.0412. The molecule has 1 aromatic rings. The first-order valence-corrected chi connectivity index (χ1v) is 8.03. The molecule has 0 radical (unpaired) electrons. The number of carbonyl (C=O) groups excluding carboxylic acids is 1. The van der Waals surface area contributed by atoms with Crippen molar-refractivity contribution in [1.29, 1.82) is 0 Å². The van der Waals surface area contributed by atoms with Gasteiger partial charge < -0.3 is 20.1 Å². The molecule has 3 N–H and O–H groups in total. The summed E-state index contributed by atoms with van der Waals surface area (Å²) in [7, 11) is 1.67. The zero-order valence-corrected chi connectivity index (χ0v) is 13.0. The minimum Gasteiger partial charge on any atom is -0.497 e. The Bertz CT molecular complexity index is 633. The molecule has 5 atom stereocenters. The number of piperidine rings is 2. The first-order valence-electron chi connectivity index (χ1n) is 8.03. The van der Waals surface area contributed by atoms with E-state index in [0.717, 1.165) is 24.4 Å². The Labute approximate surface area is 135 Å². The maximum atomic E-state index is 12.2. The highest BCUT2D eigenvalue weighted by atomic mass is 16.5. The van der Waals surface area contributed by atoms with Gasteiger partial charge in [-0.25, -0.2) is 0 Å². The lowest BCUT2D eigenvalue weighted by atomic mass is 9.77. The number of amides is 1. The molecule has 6 heteroatoms. The van der Waals surface area contributed by atoms with Crippen molar-refractivity contribution in [2.75, 3.05) is 19.0 Å². The van der Waals surface area contributed by atoms with E-state index < -0.39 is 0 Å². The summed E-state index contributed by atoms with van der Waals surface area (Å²) in [6.07, 6.45) is 4.33. The maximum Gasteiger partial charge on any atom is 0.232 e. The van der Waals surface area contributed by atoms with Crippen LogP contribution in [0.3, 0.4) is 0 Å². The number of hydrogen-bond acceptors (Lipinski definition) is 5. The van der Waals surface area contributed by atoms with E-state index in [1.807, 2.05) is 30.3 Å². The van der Waals surface area contributed by atoms with Crippen molar-refractivity contribution in [3.63, 3.8) is 0 Å². The van der Waals surface area contributed by atoms with Crippen LogP contribution in [0, 0.1) is 11.8 Å². The second-order valence-corrected chi connectivity index (χ2v) is 6.24. The lowest BCUT2D eigenvalue weighted by Gasteiger charge is -2.46. The zero-order valence-electron chi connectivity index (χ0n) is 13.0. The van der Waals surface area contributed by atoms with Crippen LogP contribution < -0.4 is 20.7 Å². The van der Waals surface area contributed by atoms with Crippen LogP contribution >= 0.6 is 0 Å². The summed E-state index contributed by atoms with van der Waals surface area (Å²) in [5.74, 6) is 0.854. The number of rotatable bonds is 3. The van der Waals surface area contributed by atoms with Gasteiger partial charge in [-0.05, 0) is 31.2 Å². The Morgan fingerprint density at radius 1 is 1.39 bits per heavy atom. The van der Waals surface area contributed by atoms with E-state index in [4.69, 9.17) is 9.47 Å². The second-order valence-electron chi connectivity index (χ2n) is 6.24. The number of anilines is 1. The van der Waals surface area contributed by atoms with E-state index in [9.17, 15) is 4.79 Å². The van der Waals surface area contributed by atoms with Gasteiger partial charge in [-0.2, -0.15) is 0 Å². The van der Waals surface area contributed by atoms with Crippen LogP contribution in [0.2, 0.25) is 0 Å². The Morgan fingerprint density at radius 3 is 3.17 bits per heavy atom. The normalized spacial score (nSPS) is 34.8. The van der Waals surface area contributed by atoms with Crippen LogP contribution in [0.4, 0.5) is 5.69 Å². The summed E-state index contributed by atoms with van der Waals surface area (Å²) in [4.78, 5) is 12.2. The molecule has 3 aliphatic rings. The fraction of sp³-hybridized carbons (Fsp3) is 0.471. The number of carbonyl (C=O) groups is 1. The van der Waals surface area contributed by atoms with Gasteiger partial charge in [-0.3, -0.25) is 10.1 Å². The van der Waals surface area contributed by atoms with E-state index in [1.54, 1.807) is 13.4 Å². The van der Waals surface area contributed by atoms with E-state index >= 15 is 0 Å². The number of hydrogen-bond donors (Lipinski definition) is 3. The molecule has 0 saturated carbocycles. The third-order valence-corrected chi connectivity index (χ3v) is 4.95. The van der Waals surface area contributed by atoms with Crippen molar-refractivity contribution in [2.45, 2.75) is 24.7 Å². The van der Waals surface area contributed by atoms with Crippen LogP contribution in [0.25, 0.3) is 0 Å². The van der Waals surface area contributed by atoms with Gasteiger partial charge in [-0.15, -0.1) is 0 Å². The number of methoxy groups -OCH3 is 1. The molecular weight excluding hydrogens is 294 g/mol. The molecule has 6 nitrogen and oxygen atoms in total. The smallest absolute Gasteiger partial charge is 0.232 e. The van der Waals surface area contributed by atoms with Crippen molar-refractivity contribution in [3.8, 4) is 5.75 Å². The number of nitrogens with one attached hydrogen (secondary N) is 3. The van der Waals surface area contributed by atoms with Crippen molar-refractivity contribution < 1.29 is 14.3 Å². The van der Waals surface area contributed by atoms with Crippen molar-refractivity contribution >= 4 is 11.6 Å². The summed E-state index contributed by atoms with van der Waals surface area (Å²) in [6.45, 7) is 0.855. The van der Waals surface area contributed by atoms with Gasteiger partial charge in [0.1, 0.15) is 11.9 Å². The SMILES string of the molecule is COc1cccc(NC2CCNC3NC(=O)C4C=COC4C23)c1. The molecule has 0 aliphatic carbocycles. The molecule has 2 fully saturated rings. The Hall–Kier alpha value is -2.21. The maximum absolute atomic E-state index is 12.2. The number of benzene rings is 1. The Morgan fingerprint density at radius 2 is 2.30 bits per heavy atom. The summed E-state index contributed by atoms with van der Waals surface area (Å²) in [5, 5.41) is 10.1. The van der Waals surface area contributed by atoms with Crippen molar-refractivity contribution in [2.24, 2.45) is 11.8 Å². The molecule has 23 heavy (non-hydrogen) atoms. The molecule has 0 bridgehead atoms. The highest BCUT2D eigenvalue weighted by molar-refractivity contribution is 5.83. The van der Waals surface area contributed by atoms with Crippen LogP contribution in [-0.2, 0) is 9.53 Å². The molecule has 1 amide bonds. The van der Waals surface area contributed by atoms with Gasteiger partial charge in [0.15, 0.2) is 0 Å². The standard InChI is InChI=1S/C17H21N3O3/c1-22-11-4-2-3-10(9-11)19-13-5-7-18-16-14(13)15-12(6-8-23-15)17(21)20-16/h2-4,6,8-9,12-16,18-19H,5,7H2,1H3,(H,20,21). The fourth-order valence-electron chi connectivity index (χ4n) is 3.85. The molecule has 3 aliphatic heterocycles. The van der Waals surface area contributed by atoms with Crippen LogP contribution in [0.1, 0.15) is 6.42 Å². The zero-order chi connectivity index (χ0) is 15.8. The van der Waals surface area contributed by atoms with Crippen LogP contribution in [-0.4, -0.2) is 37.9 Å². The fourth-order valence-corrected chi connectivity index (χ4v) is 3.85. The first kappa shape index (κ1) is 14.4. The molecule has 1 aromatic carbocycles. The highest BCUT2D eigenvalue weighted by Crippen LogP contribution is 2.36. The van der Waals surface area contributed by atoms with E-state index in [0.29, 0.717) is 0 Å². The monoisotopic (exact) mass is 315 g/mol. The summed E-state index contributed by atoms with van der Waals surface area (Å²) in [6, 6.07) is 8.15. The second kappa shape index (κ2) is 5.77. The van der Waals surface area contributed by atoms with Crippen molar-refractivity contribution in [3.05, 3.63) is 36.6 Å². The summed E-state index contributed by atoms with van der Waals surface area (Å²) in [5.41, 5.74) is 1.02. The molecule has 3 heterocycles. The van der Waals surface area contributed by atoms with Crippen molar-refractivity contribution in [1.82, 2.24) is 10.6 Å². The van der Waals surface area contributed by atoms with E-state index in [2.05, 4.69) is 16.0 Å². The third-order valence-electron chi connectivity index (χ3n) is 4.95. The van der Waals surface area contributed by atoms with Gasteiger partial charge in [0.25, 0.3) is 0 Å². The summed E-state index contributed by atoms with van der Waals surface area (Å²) >= 11 is 0. The predicted octanol–water partition coefficient (Wildman–Crippen LogP) is 1.07. The van der Waals surface area contributed by atoms with Gasteiger partial charge in [0.05, 0.1) is 31.4 Å². The molecule has 5 unspecified atom stereocenters. The third kappa shape index (κ3) is 2.53. The van der Waals surface area contributed by atoms with Gasteiger partial charge in [-0.1, -0.05) is 6.07 Å². The minimum atomic E-state index is -0.189. The van der Waals surface area contributed by atoms with Gasteiger partial charge in [0.2, 0.25) is 5.91 Å². The van der Waals surface area contributed by atoms with Crippen LogP contribution in [0.15, 0.2) is 36.6 Å². The molecular formula is C17H21N3O3. The van der Waals surface area contributed by atoms with Gasteiger partial charge >= 0.3 is 0 Å². The van der Waals surface area contributed by atoms with E-state index in [-0.39, 0.29) is 36.1 Å². The Kier molecular flexibility index (Phi) is 3.61. The lowest BCUT2D eigenvalue weighted by molar-refractivity contribution is -0.134. The molecule has 0 spiro atoms. The molecule has 0 aromatic heterocycles. The molecule has 2 saturated heterocycles. The predicted molar refractivity (Wildman–Crippen MR) is 85.9 cm³/mol. The average molecular weight is 315 g/mol. The molecule has 4 rings (SSSR count). The average Bonchev–Trinajstić information content (AvgIpc) is 3.05. The Balaban J connectivity index is 1.57. The number of fused-ring (bicyclic) bond motifs is 3. The topological polar surface area (TPSA) is 71.6 Å². The molecule has 122 valence electrons. The highest BCUT2D eigenvalue weighted by Gasteiger charge is 2.50. The van der Waals surface area contributed by atoms with E-state index in [1.165, 1.54) is 0 Å².